The van der Waals surface area contributed by atoms with Crippen LogP contribution in [0, 0.1) is 20.8 Å². The van der Waals surface area contributed by atoms with Gasteiger partial charge in [-0.2, -0.15) is 0 Å². The van der Waals surface area contributed by atoms with Crippen LogP contribution in [0.2, 0.25) is 0 Å². The van der Waals surface area contributed by atoms with Gasteiger partial charge < -0.3 is 14.8 Å². The van der Waals surface area contributed by atoms with E-state index >= 15 is 0 Å². The van der Waals surface area contributed by atoms with Gasteiger partial charge in [0, 0.05) is 13.1 Å². The summed E-state index contributed by atoms with van der Waals surface area (Å²) in [6, 6.07) is 10.6. The fraction of sp³-hybridized carbons (Fsp3) is 0.333. The molecular weight excluding hydrogens is 262 g/mol. The molecule has 0 bridgehead atoms. The minimum Gasteiger partial charge on any atom is -0.454 e. The van der Waals surface area contributed by atoms with E-state index < -0.39 is 0 Å². The average Bonchev–Trinajstić information content (AvgIpc) is 2.92. The van der Waals surface area contributed by atoms with Gasteiger partial charge >= 0.3 is 0 Å². The summed E-state index contributed by atoms with van der Waals surface area (Å²) in [7, 11) is 0. The molecule has 0 unspecified atom stereocenters. The molecule has 0 amide bonds. The van der Waals surface area contributed by atoms with Crippen LogP contribution in [0.25, 0.3) is 0 Å². The van der Waals surface area contributed by atoms with E-state index in [0.29, 0.717) is 6.79 Å². The first-order valence-electron chi connectivity index (χ1n) is 7.29. The standard InChI is InChI=1S/C18H21NO2/c1-12-6-14(3)16(7-13(12)2)10-19-9-15-4-5-17-18(8-15)21-11-20-17/h4-8,19H,9-11H2,1-3H3. The lowest BCUT2D eigenvalue weighted by atomic mass is 10.0. The van der Waals surface area contributed by atoms with Crippen LogP contribution in [0.1, 0.15) is 27.8 Å². The Balaban J connectivity index is 1.62. The lowest BCUT2D eigenvalue weighted by Crippen LogP contribution is -2.13. The van der Waals surface area contributed by atoms with Crippen molar-refractivity contribution in [2.24, 2.45) is 0 Å². The van der Waals surface area contributed by atoms with Gasteiger partial charge in [-0.25, -0.2) is 0 Å². The van der Waals surface area contributed by atoms with Crippen molar-refractivity contribution in [3.8, 4) is 11.5 Å². The number of rotatable bonds is 4. The number of benzene rings is 2. The predicted molar refractivity (Wildman–Crippen MR) is 83.8 cm³/mol. The molecule has 0 spiro atoms. The van der Waals surface area contributed by atoms with Gasteiger partial charge in [-0.3, -0.25) is 0 Å². The Morgan fingerprint density at radius 1 is 0.857 bits per heavy atom. The molecule has 2 aromatic rings. The summed E-state index contributed by atoms with van der Waals surface area (Å²) in [4.78, 5) is 0. The van der Waals surface area contributed by atoms with E-state index in [9.17, 15) is 0 Å². The van der Waals surface area contributed by atoms with Crippen LogP contribution in [0.4, 0.5) is 0 Å². The van der Waals surface area contributed by atoms with Crippen LogP contribution >= 0.6 is 0 Å². The summed E-state index contributed by atoms with van der Waals surface area (Å²) in [5.41, 5.74) is 6.61. The van der Waals surface area contributed by atoms with E-state index in [1.165, 1.54) is 27.8 Å². The van der Waals surface area contributed by atoms with E-state index in [1.807, 2.05) is 12.1 Å². The zero-order valence-corrected chi connectivity index (χ0v) is 12.8. The van der Waals surface area contributed by atoms with Gasteiger partial charge in [0.25, 0.3) is 0 Å². The third-order valence-corrected chi connectivity index (χ3v) is 4.03. The second-order valence-corrected chi connectivity index (χ2v) is 5.65. The summed E-state index contributed by atoms with van der Waals surface area (Å²) >= 11 is 0. The maximum absolute atomic E-state index is 5.40. The molecule has 1 aliphatic rings. The minimum absolute atomic E-state index is 0.327. The molecule has 0 atom stereocenters. The summed E-state index contributed by atoms with van der Waals surface area (Å²) in [5.74, 6) is 1.68. The zero-order chi connectivity index (χ0) is 14.8. The first kappa shape index (κ1) is 14.0. The van der Waals surface area contributed by atoms with Crippen LogP contribution in [0.15, 0.2) is 30.3 Å². The number of ether oxygens (including phenoxy) is 2. The molecule has 0 saturated heterocycles. The van der Waals surface area contributed by atoms with Gasteiger partial charge in [0.1, 0.15) is 0 Å². The summed E-state index contributed by atoms with van der Waals surface area (Å²) in [6.45, 7) is 8.52. The Hall–Kier alpha value is -2.00. The van der Waals surface area contributed by atoms with Gasteiger partial charge in [0.05, 0.1) is 0 Å². The van der Waals surface area contributed by atoms with Gasteiger partial charge in [-0.05, 0) is 60.7 Å². The van der Waals surface area contributed by atoms with E-state index in [4.69, 9.17) is 9.47 Å². The number of fused-ring (bicyclic) bond motifs is 1. The van der Waals surface area contributed by atoms with E-state index in [2.05, 4.69) is 44.3 Å². The Kier molecular flexibility index (Phi) is 3.84. The van der Waals surface area contributed by atoms with Crippen molar-refractivity contribution in [3.63, 3.8) is 0 Å². The first-order valence-corrected chi connectivity index (χ1v) is 7.29. The topological polar surface area (TPSA) is 30.5 Å². The molecular formula is C18H21NO2. The smallest absolute Gasteiger partial charge is 0.231 e. The molecule has 3 rings (SSSR count). The van der Waals surface area contributed by atoms with Gasteiger partial charge in [-0.1, -0.05) is 18.2 Å². The van der Waals surface area contributed by atoms with Crippen LogP contribution in [-0.4, -0.2) is 6.79 Å². The fourth-order valence-corrected chi connectivity index (χ4v) is 2.60. The van der Waals surface area contributed by atoms with Crippen molar-refractivity contribution in [2.45, 2.75) is 33.9 Å². The van der Waals surface area contributed by atoms with Gasteiger partial charge in [0.15, 0.2) is 11.5 Å². The molecule has 1 heterocycles. The van der Waals surface area contributed by atoms with E-state index in [1.54, 1.807) is 0 Å². The molecule has 2 aromatic carbocycles. The second kappa shape index (κ2) is 5.78. The highest BCUT2D eigenvalue weighted by atomic mass is 16.7. The Labute approximate surface area is 125 Å². The minimum atomic E-state index is 0.327. The molecule has 0 aromatic heterocycles. The number of nitrogens with one attached hydrogen (secondary N) is 1. The first-order chi connectivity index (χ1) is 10.1. The highest BCUT2D eigenvalue weighted by molar-refractivity contribution is 5.44. The summed E-state index contributed by atoms with van der Waals surface area (Å²) in [6.07, 6.45) is 0. The van der Waals surface area contributed by atoms with E-state index in [-0.39, 0.29) is 0 Å². The van der Waals surface area contributed by atoms with Gasteiger partial charge in [-0.15, -0.1) is 0 Å². The summed E-state index contributed by atoms with van der Waals surface area (Å²) in [5, 5.41) is 3.50. The average molecular weight is 283 g/mol. The third kappa shape index (κ3) is 3.03. The highest BCUT2D eigenvalue weighted by Gasteiger charge is 2.12. The lowest BCUT2D eigenvalue weighted by Gasteiger charge is -2.11. The molecule has 3 nitrogen and oxygen atoms in total. The van der Waals surface area contributed by atoms with Crippen LogP contribution < -0.4 is 14.8 Å². The zero-order valence-electron chi connectivity index (χ0n) is 12.8. The maximum atomic E-state index is 5.40. The molecule has 0 radical (unpaired) electrons. The third-order valence-electron chi connectivity index (χ3n) is 4.03. The predicted octanol–water partition coefficient (Wildman–Crippen LogP) is 3.63. The normalized spacial score (nSPS) is 12.7. The maximum Gasteiger partial charge on any atom is 0.231 e. The molecule has 21 heavy (non-hydrogen) atoms. The number of hydrogen-bond acceptors (Lipinski definition) is 3. The molecule has 1 N–H and O–H groups in total. The largest absolute Gasteiger partial charge is 0.454 e. The van der Waals surface area contributed by atoms with Crippen molar-refractivity contribution < 1.29 is 9.47 Å². The van der Waals surface area contributed by atoms with Crippen LogP contribution in [0.5, 0.6) is 11.5 Å². The highest BCUT2D eigenvalue weighted by Crippen LogP contribution is 2.32. The van der Waals surface area contributed by atoms with Crippen molar-refractivity contribution in [1.82, 2.24) is 5.32 Å². The van der Waals surface area contributed by atoms with Crippen LogP contribution in [-0.2, 0) is 13.1 Å². The van der Waals surface area contributed by atoms with Crippen LogP contribution in [0.3, 0.4) is 0 Å². The lowest BCUT2D eigenvalue weighted by molar-refractivity contribution is 0.174. The molecule has 0 fully saturated rings. The molecule has 3 heteroatoms. The van der Waals surface area contributed by atoms with E-state index in [0.717, 1.165) is 24.6 Å². The molecule has 1 aliphatic heterocycles. The molecule has 0 saturated carbocycles. The van der Waals surface area contributed by atoms with Crippen molar-refractivity contribution >= 4 is 0 Å². The Bertz CT molecular complexity index is 665. The quantitative estimate of drug-likeness (QED) is 0.929. The van der Waals surface area contributed by atoms with Crippen molar-refractivity contribution in [1.29, 1.82) is 0 Å². The fourth-order valence-electron chi connectivity index (χ4n) is 2.60. The van der Waals surface area contributed by atoms with Gasteiger partial charge in [0.2, 0.25) is 6.79 Å². The molecule has 0 aliphatic carbocycles. The number of aryl methyl sites for hydroxylation is 3. The second-order valence-electron chi connectivity index (χ2n) is 5.65. The molecule has 110 valence electrons. The summed E-state index contributed by atoms with van der Waals surface area (Å²) < 4.78 is 10.7. The Morgan fingerprint density at radius 3 is 2.48 bits per heavy atom. The monoisotopic (exact) mass is 283 g/mol. The van der Waals surface area contributed by atoms with Crippen molar-refractivity contribution in [2.75, 3.05) is 6.79 Å². The van der Waals surface area contributed by atoms with Crippen molar-refractivity contribution in [3.05, 3.63) is 58.1 Å². The number of hydrogen-bond donors (Lipinski definition) is 1. The SMILES string of the molecule is Cc1cc(C)c(CNCc2ccc3c(c2)OCO3)cc1C. The Morgan fingerprint density at radius 2 is 1.62 bits per heavy atom.